The molecule has 0 aromatic heterocycles. The number of hydrogen-bond acceptors (Lipinski definition) is 2. The van der Waals surface area contributed by atoms with Crippen LogP contribution in [0, 0.1) is 0 Å². The third-order valence-electron chi connectivity index (χ3n) is 4.33. The predicted molar refractivity (Wildman–Crippen MR) is 81.5 cm³/mol. The second-order valence-electron chi connectivity index (χ2n) is 6.27. The lowest BCUT2D eigenvalue weighted by atomic mass is 10.0. The van der Waals surface area contributed by atoms with Crippen molar-refractivity contribution in [2.24, 2.45) is 0 Å². The summed E-state index contributed by atoms with van der Waals surface area (Å²) in [6.07, 6.45) is 17.7. The van der Waals surface area contributed by atoms with Gasteiger partial charge in [0.05, 0.1) is 13.2 Å². The van der Waals surface area contributed by atoms with Gasteiger partial charge in [0.2, 0.25) is 0 Å². The maximum Gasteiger partial charge on any atom is 0.115 e. The molecule has 0 bridgehead atoms. The molecule has 0 spiro atoms. The molecule has 1 aliphatic rings. The summed E-state index contributed by atoms with van der Waals surface area (Å²) >= 11 is 0. The van der Waals surface area contributed by atoms with Crippen LogP contribution in [0.3, 0.4) is 0 Å². The fraction of sp³-hybridized carbons (Fsp3) is 1.00. The van der Waals surface area contributed by atoms with Gasteiger partial charge in [-0.2, -0.15) is 0 Å². The summed E-state index contributed by atoms with van der Waals surface area (Å²) in [5.41, 5.74) is -0.113. The Morgan fingerprint density at radius 2 is 1.21 bits per heavy atom. The molecule has 1 fully saturated rings. The lowest BCUT2D eigenvalue weighted by Crippen LogP contribution is -2.16. The van der Waals surface area contributed by atoms with Crippen LogP contribution in [0.1, 0.15) is 90.4 Å². The zero-order valence-electron chi connectivity index (χ0n) is 13.0. The summed E-state index contributed by atoms with van der Waals surface area (Å²) in [4.78, 5) is 0. The second-order valence-corrected chi connectivity index (χ2v) is 6.27. The first-order valence-corrected chi connectivity index (χ1v) is 8.58. The molecule has 1 atom stereocenters. The molecule has 2 nitrogen and oxygen atoms in total. The highest BCUT2D eigenvalue weighted by atomic mass is 16.6. The highest BCUT2D eigenvalue weighted by Crippen LogP contribution is 2.32. The molecule has 0 amide bonds. The summed E-state index contributed by atoms with van der Waals surface area (Å²) in [6.45, 7) is 3.27. The van der Waals surface area contributed by atoms with Crippen molar-refractivity contribution in [1.82, 2.24) is 0 Å². The van der Waals surface area contributed by atoms with Crippen LogP contribution in [-0.2, 0) is 4.74 Å². The molecule has 1 saturated heterocycles. The van der Waals surface area contributed by atoms with Crippen molar-refractivity contribution in [3.8, 4) is 0 Å². The van der Waals surface area contributed by atoms with E-state index in [2.05, 4.69) is 6.92 Å². The van der Waals surface area contributed by atoms with E-state index in [4.69, 9.17) is 9.84 Å². The Bertz CT molecular complexity index is 199. The lowest BCUT2D eigenvalue weighted by molar-refractivity contribution is 0.161. The van der Waals surface area contributed by atoms with Crippen molar-refractivity contribution in [3.05, 3.63) is 0 Å². The van der Waals surface area contributed by atoms with Crippen LogP contribution in [0.2, 0.25) is 0 Å². The number of aliphatic hydroxyl groups is 1. The Labute approximate surface area is 119 Å². The SMILES string of the molecule is CCCCCCCCCCCCCC[C@]1(CO)CO1. The van der Waals surface area contributed by atoms with Crippen LogP contribution in [0.25, 0.3) is 0 Å². The van der Waals surface area contributed by atoms with Gasteiger partial charge in [0.15, 0.2) is 0 Å². The van der Waals surface area contributed by atoms with Crippen molar-refractivity contribution in [1.29, 1.82) is 0 Å². The topological polar surface area (TPSA) is 32.8 Å². The smallest absolute Gasteiger partial charge is 0.115 e. The van der Waals surface area contributed by atoms with Crippen LogP contribution < -0.4 is 0 Å². The summed E-state index contributed by atoms with van der Waals surface area (Å²) in [6, 6.07) is 0. The van der Waals surface area contributed by atoms with Gasteiger partial charge in [0, 0.05) is 0 Å². The van der Waals surface area contributed by atoms with Crippen molar-refractivity contribution >= 4 is 0 Å². The largest absolute Gasteiger partial charge is 0.393 e. The van der Waals surface area contributed by atoms with Gasteiger partial charge < -0.3 is 9.84 Å². The monoisotopic (exact) mass is 270 g/mol. The molecule has 1 aliphatic heterocycles. The molecule has 0 aromatic rings. The van der Waals surface area contributed by atoms with Gasteiger partial charge in [-0.15, -0.1) is 0 Å². The first-order chi connectivity index (χ1) is 9.33. The van der Waals surface area contributed by atoms with E-state index in [0.717, 1.165) is 13.0 Å². The molecule has 0 unspecified atom stereocenters. The maximum absolute atomic E-state index is 9.11. The van der Waals surface area contributed by atoms with E-state index in [1.54, 1.807) is 0 Å². The van der Waals surface area contributed by atoms with Crippen LogP contribution in [0.5, 0.6) is 0 Å². The fourth-order valence-electron chi connectivity index (χ4n) is 2.70. The van der Waals surface area contributed by atoms with Crippen LogP contribution >= 0.6 is 0 Å². The maximum atomic E-state index is 9.11. The number of ether oxygens (including phenoxy) is 1. The van der Waals surface area contributed by atoms with Crippen LogP contribution in [0.15, 0.2) is 0 Å². The molecule has 114 valence electrons. The van der Waals surface area contributed by atoms with E-state index in [1.807, 2.05) is 0 Å². The van der Waals surface area contributed by atoms with Crippen LogP contribution in [0.4, 0.5) is 0 Å². The molecular formula is C17H34O2. The Balaban J connectivity index is 1.70. The molecule has 0 radical (unpaired) electrons. The first kappa shape index (κ1) is 17.0. The Morgan fingerprint density at radius 3 is 1.58 bits per heavy atom. The minimum atomic E-state index is -0.113. The van der Waals surface area contributed by atoms with Crippen molar-refractivity contribution in [2.45, 2.75) is 96.0 Å². The van der Waals surface area contributed by atoms with Crippen molar-refractivity contribution < 1.29 is 9.84 Å². The molecule has 0 aromatic carbocycles. The van der Waals surface area contributed by atoms with Gasteiger partial charge >= 0.3 is 0 Å². The van der Waals surface area contributed by atoms with E-state index in [9.17, 15) is 0 Å². The average Bonchev–Trinajstić information content (AvgIpc) is 3.21. The highest BCUT2D eigenvalue weighted by molar-refractivity contribution is 4.90. The second kappa shape index (κ2) is 10.7. The van der Waals surface area contributed by atoms with E-state index in [1.165, 1.54) is 77.0 Å². The minimum Gasteiger partial charge on any atom is -0.393 e. The van der Waals surface area contributed by atoms with Gasteiger partial charge in [-0.05, 0) is 6.42 Å². The zero-order chi connectivity index (χ0) is 13.8. The summed E-state index contributed by atoms with van der Waals surface area (Å²) in [5.74, 6) is 0. The summed E-state index contributed by atoms with van der Waals surface area (Å²) in [7, 11) is 0. The third kappa shape index (κ3) is 8.65. The van der Waals surface area contributed by atoms with Crippen molar-refractivity contribution in [3.63, 3.8) is 0 Å². The van der Waals surface area contributed by atoms with Crippen molar-refractivity contribution in [2.75, 3.05) is 13.2 Å². The van der Waals surface area contributed by atoms with Gasteiger partial charge in [0.1, 0.15) is 5.60 Å². The number of unbranched alkanes of at least 4 members (excludes halogenated alkanes) is 11. The predicted octanol–water partition coefficient (Wildman–Crippen LogP) is 4.84. The molecule has 2 heteroatoms. The Hall–Kier alpha value is -0.0800. The van der Waals surface area contributed by atoms with Crippen LogP contribution in [-0.4, -0.2) is 23.9 Å². The lowest BCUT2D eigenvalue weighted by Gasteiger charge is -2.07. The number of aliphatic hydroxyl groups excluding tert-OH is 1. The Morgan fingerprint density at radius 1 is 0.789 bits per heavy atom. The number of hydrogen-bond donors (Lipinski definition) is 1. The van der Waals surface area contributed by atoms with E-state index < -0.39 is 0 Å². The Kier molecular flexibility index (Phi) is 9.54. The molecule has 1 N–H and O–H groups in total. The normalized spacial score (nSPS) is 21.8. The van der Waals surface area contributed by atoms with Gasteiger partial charge in [-0.1, -0.05) is 84.0 Å². The zero-order valence-corrected chi connectivity index (χ0v) is 13.0. The average molecular weight is 270 g/mol. The van der Waals surface area contributed by atoms with Gasteiger partial charge in [0.25, 0.3) is 0 Å². The van der Waals surface area contributed by atoms with E-state index in [0.29, 0.717) is 0 Å². The number of epoxide rings is 1. The standard InChI is InChI=1S/C17H34O2/c1-2-3-4-5-6-7-8-9-10-11-12-13-14-17(15-18)16-19-17/h18H,2-16H2,1H3/t17-/m0/s1. The third-order valence-corrected chi connectivity index (χ3v) is 4.33. The van der Waals surface area contributed by atoms with Gasteiger partial charge in [-0.25, -0.2) is 0 Å². The fourth-order valence-corrected chi connectivity index (χ4v) is 2.70. The quantitative estimate of drug-likeness (QED) is 0.362. The molecule has 1 rings (SSSR count). The molecule has 19 heavy (non-hydrogen) atoms. The van der Waals surface area contributed by atoms with Gasteiger partial charge in [-0.3, -0.25) is 0 Å². The highest BCUT2D eigenvalue weighted by Gasteiger charge is 2.43. The summed E-state index contributed by atoms with van der Waals surface area (Å²) < 4.78 is 5.30. The minimum absolute atomic E-state index is 0.113. The summed E-state index contributed by atoms with van der Waals surface area (Å²) in [5, 5.41) is 9.11. The molecular weight excluding hydrogens is 236 g/mol. The molecule has 0 aliphatic carbocycles. The first-order valence-electron chi connectivity index (χ1n) is 8.58. The number of rotatable bonds is 14. The van der Waals surface area contributed by atoms with E-state index >= 15 is 0 Å². The molecule has 0 saturated carbocycles. The molecule has 1 heterocycles. The van der Waals surface area contributed by atoms with E-state index in [-0.39, 0.29) is 12.2 Å².